The highest BCUT2D eigenvalue weighted by molar-refractivity contribution is 5.94. The summed E-state index contributed by atoms with van der Waals surface area (Å²) in [5.41, 5.74) is -0.902. The van der Waals surface area contributed by atoms with Gasteiger partial charge in [0, 0.05) is 25.1 Å². The molecule has 0 radical (unpaired) electrons. The molecule has 1 aromatic rings. The maximum Gasteiger partial charge on any atom is 0.308 e. The Balaban J connectivity index is 1.71. The molecule has 216 valence electrons. The van der Waals surface area contributed by atoms with Gasteiger partial charge in [-0.2, -0.15) is 8.78 Å². The highest BCUT2D eigenvalue weighted by Gasteiger charge is 2.35. The van der Waals surface area contributed by atoms with Crippen LogP contribution >= 0.6 is 0 Å². The number of carbonyl (C=O) groups excluding carboxylic acids is 4. The first-order valence-electron chi connectivity index (χ1n) is 13.1. The second-order valence-electron chi connectivity index (χ2n) is 11.0. The van der Waals surface area contributed by atoms with Crippen molar-refractivity contribution in [1.29, 1.82) is 0 Å². The molecule has 1 heterocycles. The van der Waals surface area contributed by atoms with Crippen molar-refractivity contribution in [2.24, 2.45) is 11.8 Å². The number of hydrogen-bond acceptors (Lipinski definition) is 6. The summed E-state index contributed by atoms with van der Waals surface area (Å²) in [5, 5.41) is 2.48. The van der Waals surface area contributed by atoms with E-state index in [4.69, 9.17) is 9.47 Å². The Bertz CT molecular complexity index is 1070. The summed E-state index contributed by atoms with van der Waals surface area (Å²) in [7, 11) is 0. The van der Waals surface area contributed by atoms with Crippen LogP contribution in [0.5, 0.6) is 5.75 Å². The first-order chi connectivity index (χ1) is 18.3. The molecule has 1 aromatic carbocycles. The average Bonchev–Trinajstić information content (AvgIpc) is 3.40. The minimum absolute atomic E-state index is 0.00417. The monoisotopic (exact) mass is 558 g/mol. The Kier molecular flexibility index (Phi) is 9.95. The molecule has 1 N–H and O–H groups in total. The molecular weight excluding hydrogens is 524 g/mol. The van der Waals surface area contributed by atoms with E-state index in [1.165, 1.54) is 0 Å². The van der Waals surface area contributed by atoms with Gasteiger partial charge in [-0.15, -0.1) is 0 Å². The van der Waals surface area contributed by atoms with Gasteiger partial charge in [0.2, 0.25) is 23.4 Å². The van der Waals surface area contributed by atoms with Gasteiger partial charge >= 0.3 is 5.97 Å². The molecule has 2 atom stereocenters. The number of ketones is 1. The third kappa shape index (κ3) is 8.15. The number of nitrogens with one attached hydrogen (secondary N) is 1. The quantitative estimate of drug-likeness (QED) is 0.281. The molecule has 1 saturated carbocycles. The van der Waals surface area contributed by atoms with Gasteiger partial charge in [0.15, 0.2) is 23.2 Å². The SMILES string of the molecule is CC(C)(C)OC(=O)C[C@H](NC(=O)[C@@H]1CCCN(C(=O)C2CCCC2)C1)C(=O)COc1c(F)c(F)cc(F)c1F. The van der Waals surface area contributed by atoms with Gasteiger partial charge in [0.05, 0.1) is 12.3 Å². The standard InChI is InChI=1S/C27H34F4N2O6/c1-27(2,3)39-21(35)12-19(20(34)14-38-24-22(30)17(28)11-18(29)23(24)31)32-25(36)16-9-6-10-33(13-16)26(37)15-7-4-5-8-15/h11,15-16,19H,4-10,12-14H2,1-3H3,(H,32,36)/t16-,19+/m1/s1. The van der Waals surface area contributed by atoms with Gasteiger partial charge in [-0.1, -0.05) is 12.8 Å². The lowest BCUT2D eigenvalue weighted by molar-refractivity contribution is -0.156. The number of hydrogen-bond donors (Lipinski definition) is 1. The Morgan fingerprint density at radius 3 is 2.15 bits per heavy atom. The third-order valence-electron chi connectivity index (χ3n) is 6.73. The molecular formula is C27H34F4N2O6. The number of rotatable bonds is 9. The van der Waals surface area contributed by atoms with Crippen molar-refractivity contribution in [2.75, 3.05) is 19.7 Å². The molecule has 2 amide bonds. The van der Waals surface area contributed by atoms with Crippen LogP contribution in [0.15, 0.2) is 6.07 Å². The van der Waals surface area contributed by atoms with Gasteiger partial charge < -0.3 is 19.7 Å². The fourth-order valence-electron chi connectivity index (χ4n) is 4.83. The summed E-state index contributed by atoms with van der Waals surface area (Å²) in [5.74, 6) is -11.6. The normalized spacial score (nSPS) is 18.9. The minimum atomic E-state index is -1.83. The van der Waals surface area contributed by atoms with Crippen LogP contribution in [0.4, 0.5) is 17.6 Å². The molecule has 12 heteroatoms. The summed E-state index contributed by atoms with van der Waals surface area (Å²) < 4.78 is 64.9. The lowest BCUT2D eigenvalue weighted by Gasteiger charge is -2.34. The van der Waals surface area contributed by atoms with Crippen molar-refractivity contribution in [3.63, 3.8) is 0 Å². The van der Waals surface area contributed by atoms with E-state index in [0.29, 0.717) is 19.4 Å². The molecule has 0 aromatic heterocycles. The average molecular weight is 559 g/mol. The fourth-order valence-corrected chi connectivity index (χ4v) is 4.83. The zero-order chi connectivity index (χ0) is 28.9. The van der Waals surface area contributed by atoms with Gasteiger partial charge in [-0.3, -0.25) is 19.2 Å². The summed E-state index contributed by atoms with van der Waals surface area (Å²) in [6, 6.07) is -1.52. The molecule has 3 rings (SSSR count). The van der Waals surface area contributed by atoms with E-state index in [2.05, 4.69) is 5.32 Å². The number of ether oxygens (including phenoxy) is 2. The molecule has 2 aliphatic rings. The minimum Gasteiger partial charge on any atom is -0.479 e. The maximum absolute atomic E-state index is 14.0. The van der Waals surface area contributed by atoms with Gasteiger partial charge in [0.25, 0.3) is 0 Å². The van der Waals surface area contributed by atoms with E-state index in [-0.39, 0.29) is 24.4 Å². The largest absolute Gasteiger partial charge is 0.479 e. The van der Waals surface area contributed by atoms with Gasteiger partial charge in [0.1, 0.15) is 18.2 Å². The number of carbonyl (C=O) groups is 4. The second kappa shape index (κ2) is 12.8. The topological polar surface area (TPSA) is 102 Å². The van der Waals surface area contributed by atoms with E-state index in [1.54, 1.807) is 25.7 Å². The van der Waals surface area contributed by atoms with Gasteiger partial charge in [-0.05, 0) is 46.5 Å². The maximum atomic E-state index is 14.0. The van der Waals surface area contributed by atoms with E-state index in [0.717, 1.165) is 25.7 Å². The molecule has 1 saturated heterocycles. The van der Waals surface area contributed by atoms with E-state index in [9.17, 15) is 36.7 Å². The van der Waals surface area contributed by atoms with Crippen LogP contribution in [0, 0.1) is 35.1 Å². The number of likely N-dealkylation sites (tertiary alicyclic amines) is 1. The zero-order valence-corrected chi connectivity index (χ0v) is 22.3. The smallest absolute Gasteiger partial charge is 0.308 e. The van der Waals surface area contributed by atoms with Crippen LogP contribution in [-0.4, -0.2) is 59.8 Å². The number of benzene rings is 1. The lowest BCUT2D eigenvalue weighted by atomic mass is 9.94. The first kappa shape index (κ1) is 30.4. The zero-order valence-electron chi connectivity index (χ0n) is 22.3. The van der Waals surface area contributed by atoms with Crippen molar-refractivity contribution in [2.45, 2.75) is 77.4 Å². The fraction of sp³-hybridized carbons (Fsp3) is 0.630. The first-order valence-corrected chi connectivity index (χ1v) is 13.1. The number of Topliss-reactive ketones (excluding diaryl/α,β-unsaturated/α-hetero) is 1. The van der Waals surface area contributed by atoms with E-state index < -0.39 is 77.3 Å². The lowest BCUT2D eigenvalue weighted by Crippen LogP contribution is -2.51. The summed E-state index contributed by atoms with van der Waals surface area (Å²) in [6.45, 7) is 4.39. The predicted octanol–water partition coefficient (Wildman–Crippen LogP) is 3.84. The van der Waals surface area contributed by atoms with Crippen LogP contribution in [0.3, 0.4) is 0 Å². The Hall–Kier alpha value is -3.18. The van der Waals surface area contributed by atoms with Gasteiger partial charge in [-0.25, -0.2) is 8.78 Å². The molecule has 0 spiro atoms. The van der Waals surface area contributed by atoms with Crippen molar-refractivity contribution in [1.82, 2.24) is 10.2 Å². The summed E-state index contributed by atoms with van der Waals surface area (Å²) in [4.78, 5) is 53.0. The highest BCUT2D eigenvalue weighted by atomic mass is 19.2. The van der Waals surface area contributed by atoms with Crippen LogP contribution in [-0.2, 0) is 23.9 Å². The Morgan fingerprint density at radius 1 is 0.974 bits per heavy atom. The van der Waals surface area contributed by atoms with Crippen LogP contribution in [0.2, 0.25) is 0 Å². The third-order valence-corrected chi connectivity index (χ3v) is 6.73. The number of amides is 2. The molecule has 0 bridgehead atoms. The van der Waals surface area contributed by atoms with Crippen LogP contribution < -0.4 is 10.1 Å². The Morgan fingerprint density at radius 2 is 1.56 bits per heavy atom. The molecule has 2 fully saturated rings. The molecule has 1 aliphatic carbocycles. The van der Waals surface area contributed by atoms with Crippen LogP contribution in [0.25, 0.3) is 0 Å². The van der Waals surface area contributed by atoms with E-state index >= 15 is 0 Å². The van der Waals surface area contributed by atoms with Crippen molar-refractivity contribution < 1.29 is 46.2 Å². The second-order valence-corrected chi connectivity index (χ2v) is 11.0. The Labute approximate surface area is 224 Å². The number of halogens is 4. The summed E-state index contributed by atoms with van der Waals surface area (Å²) >= 11 is 0. The molecule has 39 heavy (non-hydrogen) atoms. The molecule has 1 aliphatic heterocycles. The number of esters is 1. The van der Waals surface area contributed by atoms with Crippen LogP contribution in [0.1, 0.15) is 65.7 Å². The van der Waals surface area contributed by atoms with Crippen molar-refractivity contribution in [3.8, 4) is 5.75 Å². The number of nitrogens with zero attached hydrogens (tertiary/aromatic N) is 1. The van der Waals surface area contributed by atoms with E-state index in [1.807, 2.05) is 0 Å². The molecule has 0 unspecified atom stereocenters. The summed E-state index contributed by atoms with van der Waals surface area (Å²) in [6.07, 6.45) is 4.01. The highest BCUT2D eigenvalue weighted by Crippen LogP contribution is 2.29. The predicted molar refractivity (Wildman–Crippen MR) is 130 cm³/mol. The number of piperidine rings is 1. The van der Waals surface area contributed by atoms with Crippen molar-refractivity contribution >= 4 is 23.6 Å². The molecule has 8 nitrogen and oxygen atoms in total. The van der Waals surface area contributed by atoms with Crippen molar-refractivity contribution in [3.05, 3.63) is 29.3 Å².